The second-order valence-electron chi connectivity index (χ2n) is 5.19. The lowest BCUT2D eigenvalue weighted by atomic mass is 9.95. The summed E-state index contributed by atoms with van der Waals surface area (Å²) in [6, 6.07) is 0.171. The highest BCUT2D eigenvalue weighted by atomic mass is 16.5. The van der Waals surface area contributed by atoms with Crippen LogP contribution >= 0.6 is 0 Å². The predicted molar refractivity (Wildman–Crippen MR) is 65.5 cm³/mol. The third-order valence-corrected chi connectivity index (χ3v) is 3.33. The van der Waals surface area contributed by atoms with Crippen molar-refractivity contribution >= 4 is 0 Å². The number of hydrogen-bond acceptors (Lipinski definition) is 5. The topological polar surface area (TPSA) is 68.2 Å². The molecule has 1 fully saturated rings. The molecule has 0 radical (unpaired) electrons. The average Bonchev–Trinajstić information content (AvgIpc) is 2.59. The van der Waals surface area contributed by atoms with Crippen molar-refractivity contribution in [3.63, 3.8) is 0 Å². The van der Waals surface area contributed by atoms with E-state index in [0.717, 1.165) is 24.6 Å². The summed E-state index contributed by atoms with van der Waals surface area (Å²) in [7, 11) is 3.99. The first-order valence-electron chi connectivity index (χ1n) is 6.39. The van der Waals surface area contributed by atoms with Gasteiger partial charge in [0.15, 0.2) is 5.82 Å². The van der Waals surface area contributed by atoms with Crippen LogP contribution in [-0.4, -0.2) is 35.2 Å². The number of aromatic nitrogens is 2. The zero-order chi connectivity index (χ0) is 12.3. The van der Waals surface area contributed by atoms with Gasteiger partial charge in [0, 0.05) is 6.04 Å². The summed E-state index contributed by atoms with van der Waals surface area (Å²) in [5.41, 5.74) is 6.18. The van der Waals surface area contributed by atoms with Crippen LogP contribution in [0.2, 0.25) is 0 Å². The lowest BCUT2D eigenvalue weighted by Crippen LogP contribution is -2.27. The van der Waals surface area contributed by atoms with Crippen LogP contribution in [0.15, 0.2) is 4.52 Å². The van der Waals surface area contributed by atoms with Crippen LogP contribution in [0.3, 0.4) is 0 Å². The van der Waals surface area contributed by atoms with Crippen LogP contribution in [-0.2, 0) is 6.54 Å². The summed E-state index contributed by atoms with van der Waals surface area (Å²) < 4.78 is 5.36. The summed E-state index contributed by atoms with van der Waals surface area (Å²) in [4.78, 5) is 6.50. The number of rotatable bonds is 3. The summed E-state index contributed by atoms with van der Waals surface area (Å²) in [6.07, 6.45) is 5.84. The monoisotopic (exact) mass is 238 g/mol. The van der Waals surface area contributed by atoms with Crippen molar-refractivity contribution in [2.75, 3.05) is 14.1 Å². The minimum atomic E-state index is 0.171. The highest BCUT2D eigenvalue weighted by Crippen LogP contribution is 2.29. The summed E-state index contributed by atoms with van der Waals surface area (Å²) >= 11 is 0. The molecule has 2 unspecified atom stereocenters. The van der Waals surface area contributed by atoms with E-state index in [1.165, 1.54) is 19.3 Å². The van der Waals surface area contributed by atoms with E-state index in [4.69, 9.17) is 10.3 Å². The second-order valence-corrected chi connectivity index (χ2v) is 5.19. The van der Waals surface area contributed by atoms with Crippen LogP contribution < -0.4 is 5.73 Å². The van der Waals surface area contributed by atoms with E-state index in [2.05, 4.69) is 10.1 Å². The van der Waals surface area contributed by atoms with Crippen molar-refractivity contribution in [3.05, 3.63) is 11.7 Å². The smallest absolute Gasteiger partial charge is 0.231 e. The van der Waals surface area contributed by atoms with Crippen LogP contribution in [0.1, 0.15) is 49.7 Å². The summed E-state index contributed by atoms with van der Waals surface area (Å²) in [5, 5.41) is 4.01. The standard InChI is InChI=1S/C12H22N4O/c1-16(2)8-11-14-12(17-15-11)9-6-4-3-5-7-10(9)13/h9-10H,3-8,13H2,1-2H3. The van der Waals surface area contributed by atoms with E-state index in [9.17, 15) is 0 Å². The van der Waals surface area contributed by atoms with Gasteiger partial charge in [-0.05, 0) is 26.9 Å². The highest BCUT2D eigenvalue weighted by Gasteiger charge is 2.27. The largest absolute Gasteiger partial charge is 0.339 e. The van der Waals surface area contributed by atoms with Gasteiger partial charge in [-0.1, -0.05) is 24.4 Å². The Kier molecular flexibility index (Phi) is 4.12. The van der Waals surface area contributed by atoms with Crippen molar-refractivity contribution in [2.45, 2.75) is 50.6 Å². The minimum absolute atomic E-state index is 0.171. The Morgan fingerprint density at radius 3 is 2.82 bits per heavy atom. The van der Waals surface area contributed by atoms with E-state index >= 15 is 0 Å². The Morgan fingerprint density at radius 2 is 2.06 bits per heavy atom. The Balaban J connectivity index is 2.07. The zero-order valence-electron chi connectivity index (χ0n) is 10.7. The molecular weight excluding hydrogens is 216 g/mol. The molecule has 0 spiro atoms. The van der Waals surface area contributed by atoms with E-state index in [1.54, 1.807) is 0 Å². The molecule has 1 aromatic rings. The minimum Gasteiger partial charge on any atom is -0.339 e. The van der Waals surface area contributed by atoms with Gasteiger partial charge in [0.1, 0.15) is 0 Å². The molecule has 1 aromatic heterocycles. The fourth-order valence-electron chi connectivity index (χ4n) is 2.41. The molecule has 0 aliphatic heterocycles. The Hall–Kier alpha value is -0.940. The molecule has 0 aromatic carbocycles. The van der Waals surface area contributed by atoms with E-state index in [1.807, 2.05) is 19.0 Å². The first-order chi connectivity index (χ1) is 8.16. The van der Waals surface area contributed by atoms with Crippen molar-refractivity contribution in [1.29, 1.82) is 0 Å². The first-order valence-corrected chi connectivity index (χ1v) is 6.39. The molecule has 2 rings (SSSR count). The normalized spacial score (nSPS) is 26.1. The molecule has 0 amide bonds. The van der Waals surface area contributed by atoms with Gasteiger partial charge in [-0.3, -0.25) is 0 Å². The predicted octanol–water partition coefficient (Wildman–Crippen LogP) is 1.51. The van der Waals surface area contributed by atoms with Crippen molar-refractivity contribution in [2.24, 2.45) is 5.73 Å². The maximum Gasteiger partial charge on any atom is 0.231 e. The van der Waals surface area contributed by atoms with Crippen LogP contribution in [0, 0.1) is 0 Å². The molecule has 5 nitrogen and oxygen atoms in total. The van der Waals surface area contributed by atoms with Gasteiger partial charge in [-0.15, -0.1) is 0 Å². The Morgan fingerprint density at radius 1 is 1.29 bits per heavy atom. The lowest BCUT2D eigenvalue weighted by Gasteiger charge is -2.16. The quantitative estimate of drug-likeness (QED) is 0.808. The third kappa shape index (κ3) is 3.26. The fourth-order valence-corrected chi connectivity index (χ4v) is 2.41. The van der Waals surface area contributed by atoms with Gasteiger partial charge in [0.05, 0.1) is 12.5 Å². The summed E-state index contributed by atoms with van der Waals surface area (Å²) in [6.45, 7) is 0.714. The van der Waals surface area contributed by atoms with Crippen molar-refractivity contribution in [3.8, 4) is 0 Å². The van der Waals surface area contributed by atoms with Gasteiger partial charge >= 0.3 is 0 Å². The SMILES string of the molecule is CN(C)Cc1noc(C2CCCCCC2N)n1. The van der Waals surface area contributed by atoms with Crippen LogP contribution in [0.5, 0.6) is 0 Å². The van der Waals surface area contributed by atoms with Gasteiger partial charge < -0.3 is 15.2 Å². The average molecular weight is 238 g/mol. The van der Waals surface area contributed by atoms with Gasteiger partial charge in [0.2, 0.25) is 5.89 Å². The van der Waals surface area contributed by atoms with Crippen LogP contribution in [0.4, 0.5) is 0 Å². The molecule has 0 bridgehead atoms. The molecule has 1 heterocycles. The number of hydrogen-bond donors (Lipinski definition) is 1. The Bertz CT molecular complexity index is 350. The zero-order valence-corrected chi connectivity index (χ0v) is 10.7. The fraction of sp³-hybridized carbons (Fsp3) is 0.833. The van der Waals surface area contributed by atoms with Crippen LogP contribution in [0.25, 0.3) is 0 Å². The van der Waals surface area contributed by atoms with E-state index in [0.29, 0.717) is 6.54 Å². The Labute approximate surface area is 102 Å². The van der Waals surface area contributed by atoms with Crippen molar-refractivity contribution < 1.29 is 4.52 Å². The molecule has 2 atom stereocenters. The molecule has 1 aliphatic carbocycles. The molecule has 1 aliphatic rings. The molecule has 0 saturated heterocycles. The molecule has 1 saturated carbocycles. The number of nitrogens with zero attached hydrogens (tertiary/aromatic N) is 3. The third-order valence-electron chi connectivity index (χ3n) is 3.33. The summed E-state index contributed by atoms with van der Waals surface area (Å²) in [5.74, 6) is 1.73. The molecule has 2 N–H and O–H groups in total. The second kappa shape index (κ2) is 5.60. The maximum absolute atomic E-state index is 6.18. The molecule has 96 valence electrons. The maximum atomic E-state index is 6.18. The highest BCUT2D eigenvalue weighted by molar-refractivity contribution is 4.99. The molecule has 5 heteroatoms. The molecule has 17 heavy (non-hydrogen) atoms. The first kappa shape index (κ1) is 12.5. The van der Waals surface area contributed by atoms with Gasteiger partial charge in [-0.2, -0.15) is 4.98 Å². The van der Waals surface area contributed by atoms with E-state index in [-0.39, 0.29) is 12.0 Å². The van der Waals surface area contributed by atoms with E-state index < -0.39 is 0 Å². The lowest BCUT2D eigenvalue weighted by molar-refractivity contribution is 0.316. The number of nitrogens with two attached hydrogens (primary N) is 1. The van der Waals surface area contributed by atoms with Gasteiger partial charge in [0.25, 0.3) is 0 Å². The van der Waals surface area contributed by atoms with Gasteiger partial charge in [-0.25, -0.2) is 0 Å². The molecular formula is C12H22N4O. The van der Waals surface area contributed by atoms with Crippen molar-refractivity contribution in [1.82, 2.24) is 15.0 Å².